The summed E-state index contributed by atoms with van der Waals surface area (Å²) in [6.07, 6.45) is 2.09. The van der Waals surface area contributed by atoms with Crippen LogP contribution < -0.4 is 10.1 Å². The minimum atomic E-state index is 0. The molecule has 0 bridgehead atoms. The smallest absolute Gasteiger partial charge is 0.120 e. The summed E-state index contributed by atoms with van der Waals surface area (Å²) in [5.74, 6) is 1.70. The van der Waals surface area contributed by atoms with Gasteiger partial charge in [0, 0.05) is 51.0 Å². The lowest BCUT2D eigenvalue weighted by Gasteiger charge is -2.41. The zero-order valence-corrected chi connectivity index (χ0v) is 15.7. The third-order valence-electron chi connectivity index (χ3n) is 4.81. The molecule has 1 atom stereocenters. The zero-order valence-electron chi connectivity index (χ0n) is 14.1. The van der Waals surface area contributed by atoms with Crippen molar-refractivity contribution in [2.24, 2.45) is 5.92 Å². The van der Waals surface area contributed by atoms with E-state index < -0.39 is 0 Å². The van der Waals surface area contributed by atoms with Gasteiger partial charge < -0.3 is 19.9 Å². The van der Waals surface area contributed by atoms with Crippen molar-refractivity contribution in [1.29, 1.82) is 0 Å². The summed E-state index contributed by atoms with van der Waals surface area (Å²) >= 11 is 0. The number of nitrogens with one attached hydrogen (secondary N) is 1. The van der Waals surface area contributed by atoms with Crippen LogP contribution in [0, 0.1) is 5.92 Å². The quantitative estimate of drug-likeness (QED) is 0.843. The molecule has 0 spiro atoms. The Hall–Kier alpha value is -0.720. The van der Waals surface area contributed by atoms with E-state index in [-0.39, 0.29) is 30.9 Å². The number of phenolic OH excluding ortho intramolecular Hbond substituents is 1. The normalized spacial score (nSPS) is 20.5. The van der Waals surface area contributed by atoms with Crippen molar-refractivity contribution in [3.8, 4) is 11.5 Å². The second kappa shape index (κ2) is 10.3. The lowest BCUT2D eigenvalue weighted by molar-refractivity contribution is 0.0206. The van der Waals surface area contributed by atoms with E-state index in [1.165, 1.54) is 0 Å². The van der Waals surface area contributed by atoms with E-state index in [9.17, 15) is 5.11 Å². The summed E-state index contributed by atoms with van der Waals surface area (Å²) in [6.45, 7) is 5.67. The summed E-state index contributed by atoms with van der Waals surface area (Å²) in [7, 11) is 1.67. The Kier molecular flexibility index (Phi) is 9.16. The van der Waals surface area contributed by atoms with Crippen LogP contribution in [0.25, 0.3) is 0 Å². The molecule has 7 heteroatoms. The number of nitrogens with zero attached hydrogens (tertiary/aromatic N) is 1. The first-order valence-corrected chi connectivity index (χ1v) is 8.19. The Morgan fingerprint density at radius 2 is 1.88 bits per heavy atom. The number of hydrogen-bond acceptors (Lipinski definition) is 5. The number of rotatable bonds is 4. The van der Waals surface area contributed by atoms with Crippen LogP contribution >= 0.6 is 24.8 Å². The molecule has 1 aromatic rings. The highest BCUT2D eigenvalue weighted by molar-refractivity contribution is 5.85. The van der Waals surface area contributed by atoms with E-state index in [0.29, 0.717) is 11.7 Å². The van der Waals surface area contributed by atoms with Gasteiger partial charge in [-0.05, 0) is 37.0 Å². The minimum absolute atomic E-state index is 0. The first-order chi connectivity index (χ1) is 10.8. The molecule has 1 aromatic carbocycles. The molecule has 2 heterocycles. The first-order valence-electron chi connectivity index (χ1n) is 8.19. The molecular weight excluding hydrogens is 351 g/mol. The third-order valence-corrected chi connectivity index (χ3v) is 4.81. The lowest BCUT2D eigenvalue weighted by Crippen LogP contribution is -2.47. The Labute approximate surface area is 156 Å². The first kappa shape index (κ1) is 21.3. The van der Waals surface area contributed by atoms with Gasteiger partial charge in [-0.1, -0.05) is 0 Å². The van der Waals surface area contributed by atoms with Gasteiger partial charge in [-0.3, -0.25) is 4.90 Å². The summed E-state index contributed by atoms with van der Waals surface area (Å²) < 4.78 is 10.9. The van der Waals surface area contributed by atoms with Gasteiger partial charge >= 0.3 is 0 Å². The van der Waals surface area contributed by atoms with Gasteiger partial charge in [0.15, 0.2) is 0 Å². The third kappa shape index (κ3) is 4.90. The average Bonchev–Trinajstić information content (AvgIpc) is 2.59. The summed E-state index contributed by atoms with van der Waals surface area (Å²) in [5, 5.41) is 13.8. The van der Waals surface area contributed by atoms with Crippen LogP contribution in [0.1, 0.15) is 24.4 Å². The van der Waals surface area contributed by atoms with Crippen LogP contribution in [-0.2, 0) is 4.74 Å². The highest BCUT2D eigenvalue weighted by Crippen LogP contribution is 2.40. The molecule has 2 N–H and O–H groups in total. The molecule has 2 aliphatic heterocycles. The van der Waals surface area contributed by atoms with Gasteiger partial charge in [-0.15, -0.1) is 24.8 Å². The van der Waals surface area contributed by atoms with Crippen LogP contribution in [0.15, 0.2) is 18.2 Å². The topological polar surface area (TPSA) is 54.0 Å². The molecule has 138 valence electrons. The van der Waals surface area contributed by atoms with Gasteiger partial charge in [0.2, 0.25) is 0 Å². The summed E-state index contributed by atoms with van der Waals surface area (Å²) in [6, 6.07) is 5.80. The molecule has 2 aliphatic rings. The van der Waals surface area contributed by atoms with Crippen molar-refractivity contribution in [2.45, 2.75) is 18.9 Å². The van der Waals surface area contributed by atoms with Gasteiger partial charge in [0.25, 0.3) is 0 Å². The predicted octanol–water partition coefficient (Wildman–Crippen LogP) is 2.62. The number of methoxy groups -OCH3 is 1. The Balaban J connectivity index is 0.00000144. The van der Waals surface area contributed by atoms with E-state index in [1.807, 2.05) is 12.1 Å². The van der Waals surface area contributed by atoms with Crippen LogP contribution in [0.2, 0.25) is 0 Å². The predicted molar refractivity (Wildman–Crippen MR) is 99.9 cm³/mol. The maximum atomic E-state index is 10.4. The second-order valence-electron chi connectivity index (χ2n) is 6.11. The molecule has 0 unspecified atom stereocenters. The summed E-state index contributed by atoms with van der Waals surface area (Å²) in [5.41, 5.74) is 0.994. The maximum Gasteiger partial charge on any atom is 0.120 e. The number of benzene rings is 1. The van der Waals surface area contributed by atoms with E-state index >= 15 is 0 Å². The molecule has 0 saturated carbocycles. The molecule has 0 amide bonds. The molecule has 24 heavy (non-hydrogen) atoms. The fraction of sp³-hybridized carbons (Fsp3) is 0.647. The molecule has 0 aromatic heterocycles. The van der Waals surface area contributed by atoms with Crippen LogP contribution in [0.4, 0.5) is 0 Å². The van der Waals surface area contributed by atoms with Crippen molar-refractivity contribution >= 4 is 24.8 Å². The molecule has 5 nitrogen and oxygen atoms in total. The minimum Gasteiger partial charge on any atom is -0.508 e. The SMILES string of the molecule is COc1ccc(O)c([C@@H](C2CCOCC2)N2CCNCC2)c1.Cl.Cl. The van der Waals surface area contributed by atoms with Crippen molar-refractivity contribution in [3.05, 3.63) is 23.8 Å². The van der Waals surface area contributed by atoms with Crippen LogP contribution in [-0.4, -0.2) is 56.5 Å². The molecular formula is C17H28Cl2N2O3. The molecule has 2 saturated heterocycles. The molecule has 3 rings (SSSR count). The fourth-order valence-electron chi connectivity index (χ4n) is 3.64. The lowest BCUT2D eigenvalue weighted by atomic mass is 9.85. The largest absolute Gasteiger partial charge is 0.508 e. The van der Waals surface area contributed by atoms with Crippen molar-refractivity contribution < 1.29 is 14.6 Å². The number of aromatic hydroxyl groups is 1. The molecule has 2 fully saturated rings. The van der Waals surface area contributed by atoms with Crippen molar-refractivity contribution in [1.82, 2.24) is 10.2 Å². The van der Waals surface area contributed by atoms with Gasteiger partial charge in [0.05, 0.1) is 7.11 Å². The van der Waals surface area contributed by atoms with E-state index in [1.54, 1.807) is 13.2 Å². The highest BCUT2D eigenvalue weighted by Gasteiger charge is 2.33. The fourth-order valence-corrected chi connectivity index (χ4v) is 3.64. The number of phenols is 1. The van der Waals surface area contributed by atoms with E-state index in [4.69, 9.17) is 9.47 Å². The van der Waals surface area contributed by atoms with Crippen LogP contribution in [0.3, 0.4) is 0 Å². The number of halogens is 2. The molecule has 0 aliphatic carbocycles. The number of ether oxygens (including phenoxy) is 2. The Morgan fingerprint density at radius 1 is 1.21 bits per heavy atom. The second-order valence-corrected chi connectivity index (χ2v) is 6.11. The monoisotopic (exact) mass is 378 g/mol. The standard InChI is InChI=1S/C17H26N2O3.2ClH/c1-21-14-2-3-16(20)15(12-14)17(13-4-10-22-11-5-13)19-8-6-18-7-9-19;;/h2-3,12-13,17-18,20H,4-11H2,1H3;2*1H/t17-;;/m1../s1. The zero-order chi connectivity index (χ0) is 15.4. The maximum absolute atomic E-state index is 10.4. The van der Waals surface area contributed by atoms with Gasteiger partial charge in [0.1, 0.15) is 11.5 Å². The van der Waals surface area contributed by atoms with Crippen LogP contribution in [0.5, 0.6) is 11.5 Å². The van der Waals surface area contributed by atoms with Gasteiger partial charge in [-0.25, -0.2) is 0 Å². The number of hydrogen-bond donors (Lipinski definition) is 2. The van der Waals surface area contributed by atoms with E-state index in [0.717, 1.165) is 63.5 Å². The Morgan fingerprint density at radius 3 is 2.50 bits per heavy atom. The van der Waals surface area contributed by atoms with E-state index in [2.05, 4.69) is 10.2 Å². The number of piperazine rings is 1. The average molecular weight is 379 g/mol. The highest BCUT2D eigenvalue weighted by atomic mass is 35.5. The van der Waals surface area contributed by atoms with Crippen molar-refractivity contribution in [2.75, 3.05) is 46.5 Å². The van der Waals surface area contributed by atoms with Gasteiger partial charge in [-0.2, -0.15) is 0 Å². The summed E-state index contributed by atoms with van der Waals surface area (Å²) in [4.78, 5) is 2.50. The van der Waals surface area contributed by atoms with Crippen molar-refractivity contribution in [3.63, 3.8) is 0 Å². The molecule has 0 radical (unpaired) electrons. The Bertz CT molecular complexity index is 475.